The Hall–Kier alpha value is -1.50. The van der Waals surface area contributed by atoms with E-state index in [-0.39, 0.29) is 16.7 Å². The minimum Gasteiger partial charge on any atom is -0.477 e. The Morgan fingerprint density at radius 2 is 2.29 bits per heavy atom. The van der Waals surface area contributed by atoms with Crippen LogP contribution >= 0.6 is 11.3 Å². The number of carboxylic acid groups (broad SMARTS) is 1. The van der Waals surface area contributed by atoms with Crippen LogP contribution in [0.5, 0.6) is 0 Å². The molecule has 21 heavy (non-hydrogen) atoms. The number of hydrogen-bond donors (Lipinski definition) is 2. The van der Waals surface area contributed by atoms with E-state index >= 15 is 0 Å². The molecule has 0 fully saturated rings. The zero-order valence-electron chi connectivity index (χ0n) is 12.0. The molecule has 1 atom stereocenters. The topological polar surface area (TPSA) is 58.6 Å². The number of benzene rings is 1. The van der Waals surface area contributed by atoms with E-state index in [1.807, 2.05) is 6.92 Å². The van der Waals surface area contributed by atoms with Gasteiger partial charge in [-0.2, -0.15) is 0 Å². The molecule has 1 unspecified atom stereocenters. The summed E-state index contributed by atoms with van der Waals surface area (Å²) >= 11 is 1.11. The van der Waals surface area contributed by atoms with Crippen molar-refractivity contribution < 1.29 is 19.0 Å². The first-order chi connectivity index (χ1) is 10.1. The van der Waals surface area contributed by atoms with Gasteiger partial charge in [0.05, 0.1) is 6.61 Å². The number of methoxy groups -OCH3 is 1. The molecule has 2 aromatic rings. The maximum Gasteiger partial charge on any atom is 0.346 e. The number of aromatic carboxylic acids is 1. The van der Waals surface area contributed by atoms with Gasteiger partial charge in [-0.05, 0) is 18.6 Å². The Kier molecular flexibility index (Phi) is 5.27. The molecule has 6 heteroatoms. The molecule has 114 valence electrons. The van der Waals surface area contributed by atoms with Gasteiger partial charge in [0.2, 0.25) is 0 Å². The summed E-state index contributed by atoms with van der Waals surface area (Å²) in [6, 6.07) is 4.80. The van der Waals surface area contributed by atoms with E-state index in [9.17, 15) is 14.3 Å². The molecule has 1 aromatic carbocycles. The third-order valence-corrected chi connectivity index (χ3v) is 4.57. The normalized spacial score (nSPS) is 12.7. The fraction of sp³-hybridized carbons (Fsp3) is 0.400. The van der Waals surface area contributed by atoms with E-state index in [2.05, 4.69) is 5.32 Å². The summed E-state index contributed by atoms with van der Waals surface area (Å²) in [7, 11) is 1.62. The first-order valence-corrected chi connectivity index (χ1v) is 7.55. The monoisotopic (exact) mass is 311 g/mol. The number of fused-ring (bicyclic) bond motifs is 1. The van der Waals surface area contributed by atoms with E-state index < -0.39 is 5.97 Å². The van der Waals surface area contributed by atoms with Crippen molar-refractivity contribution in [3.8, 4) is 0 Å². The maximum absolute atomic E-state index is 14.0. The van der Waals surface area contributed by atoms with Crippen molar-refractivity contribution in [2.75, 3.05) is 13.7 Å². The highest BCUT2D eigenvalue weighted by molar-refractivity contribution is 7.21. The number of thiophene rings is 1. The molecule has 0 amide bonds. The number of nitrogens with one attached hydrogen (secondary N) is 1. The van der Waals surface area contributed by atoms with Crippen LogP contribution in [0.4, 0.5) is 4.39 Å². The van der Waals surface area contributed by atoms with Gasteiger partial charge in [0, 0.05) is 35.3 Å². The summed E-state index contributed by atoms with van der Waals surface area (Å²) in [6.45, 7) is 2.86. The molecule has 0 bridgehead atoms. The predicted octanol–water partition coefficient (Wildman–Crippen LogP) is 3.25. The molecular formula is C15H18FNO3S. The van der Waals surface area contributed by atoms with Crippen molar-refractivity contribution in [2.24, 2.45) is 0 Å². The van der Waals surface area contributed by atoms with E-state index in [4.69, 9.17) is 4.74 Å². The van der Waals surface area contributed by atoms with Crippen molar-refractivity contribution in [2.45, 2.75) is 25.9 Å². The fourth-order valence-electron chi connectivity index (χ4n) is 2.28. The van der Waals surface area contributed by atoms with Gasteiger partial charge in [-0.3, -0.25) is 0 Å². The molecule has 0 saturated carbocycles. The number of carboxylic acids is 1. The Morgan fingerprint density at radius 3 is 2.90 bits per heavy atom. The van der Waals surface area contributed by atoms with Crippen molar-refractivity contribution in [1.29, 1.82) is 0 Å². The molecule has 0 saturated heterocycles. The van der Waals surface area contributed by atoms with Crippen molar-refractivity contribution in [1.82, 2.24) is 5.32 Å². The highest BCUT2D eigenvalue weighted by atomic mass is 32.1. The molecule has 0 spiro atoms. The first-order valence-electron chi connectivity index (χ1n) is 6.74. The molecule has 0 aliphatic heterocycles. The summed E-state index contributed by atoms with van der Waals surface area (Å²) in [6.07, 6.45) is 0.848. The Labute approximate surface area is 126 Å². The number of ether oxygens (including phenoxy) is 1. The summed E-state index contributed by atoms with van der Waals surface area (Å²) in [5.74, 6) is -1.40. The number of halogens is 1. The highest BCUT2D eigenvalue weighted by Crippen LogP contribution is 2.33. The highest BCUT2D eigenvalue weighted by Gasteiger charge is 2.20. The average molecular weight is 311 g/mol. The van der Waals surface area contributed by atoms with Gasteiger partial charge in [0.25, 0.3) is 0 Å². The largest absolute Gasteiger partial charge is 0.477 e. The van der Waals surface area contributed by atoms with E-state index in [0.29, 0.717) is 28.8 Å². The third kappa shape index (κ3) is 3.40. The lowest BCUT2D eigenvalue weighted by atomic mass is 10.1. The second kappa shape index (κ2) is 6.98. The maximum atomic E-state index is 14.0. The lowest BCUT2D eigenvalue weighted by Gasteiger charge is -2.16. The van der Waals surface area contributed by atoms with Gasteiger partial charge in [-0.15, -0.1) is 11.3 Å². The second-order valence-electron chi connectivity index (χ2n) is 4.77. The molecule has 2 rings (SSSR count). The standard InChI is InChI=1S/C15H18FNO3S/c1-3-9(8-20-2)17-7-10-13-11(16)5-4-6-12(13)21-14(10)15(18)19/h4-6,9,17H,3,7-8H2,1-2H3,(H,18,19). The quantitative estimate of drug-likeness (QED) is 0.824. The lowest BCUT2D eigenvalue weighted by molar-refractivity contribution is 0.0701. The molecule has 0 aliphatic rings. The van der Waals surface area contributed by atoms with Gasteiger partial charge >= 0.3 is 5.97 Å². The summed E-state index contributed by atoms with van der Waals surface area (Å²) in [4.78, 5) is 11.6. The van der Waals surface area contributed by atoms with Crippen LogP contribution in [0, 0.1) is 5.82 Å². The number of rotatable bonds is 7. The smallest absolute Gasteiger partial charge is 0.346 e. The third-order valence-electron chi connectivity index (χ3n) is 3.39. The zero-order chi connectivity index (χ0) is 15.4. The Balaban J connectivity index is 2.36. The van der Waals surface area contributed by atoms with Gasteiger partial charge in [0.1, 0.15) is 10.7 Å². The van der Waals surface area contributed by atoms with Gasteiger partial charge in [-0.1, -0.05) is 13.0 Å². The first kappa shape index (κ1) is 15.9. The van der Waals surface area contributed by atoms with Crippen molar-refractivity contribution in [3.05, 3.63) is 34.5 Å². The minimum atomic E-state index is -1.02. The zero-order valence-corrected chi connectivity index (χ0v) is 12.8. The van der Waals surface area contributed by atoms with Crippen LogP contribution in [-0.2, 0) is 11.3 Å². The van der Waals surface area contributed by atoms with Crippen LogP contribution in [0.15, 0.2) is 18.2 Å². The van der Waals surface area contributed by atoms with Crippen molar-refractivity contribution >= 4 is 27.4 Å². The molecular weight excluding hydrogens is 293 g/mol. The average Bonchev–Trinajstić information content (AvgIpc) is 2.84. The van der Waals surface area contributed by atoms with Gasteiger partial charge < -0.3 is 15.2 Å². The molecule has 0 aliphatic carbocycles. The molecule has 4 nitrogen and oxygen atoms in total. The van der Waals surface area contributed by atoms with Crippen LogP contribution < -0.4 is 5.32 Å². The van der Waals surface area contributed by atoms with E-state index in [1.165, 1.54) is 6.07 Å². The van der Waals surface area contributed by atoms with Gasteiger partial charge in [0.15, 0.2) is 0 Å². The second-order valence-corrected chi connectivity index (χ2v) is 5.82. The summed E-state index contributed by atoms with van der Waals surface area (Å²) in [5, 5.41) is 13.0. The van der Waals surface area contributed by atoms with Crippen LogP contribution in [0.25, 0.3) is 10.1 Å². The molecule has 2 N–H and O–H groups in total. The van der Waals surface area contributed by atoms with Crippen LogP contribution in [0.3, 0.4) is 0 Å². The Morgan fingerprint density at radius 1 is 1.52 bits per heavy atom. The molecule has 0 radical (unpaired) electrons. The molecule has 1 heterocycles. The van der Waals surface area contributed by atoms with E-state index in [1.54, 1.807) is 19.2 Å². The fourth-order valence-corrected chi connectivity index (χ4v) is 3.35. The summed E-state index contributed by atoms with van der Waals surface area (Å²) in [5.41, 5.74) is 0.509. The van der Waals surface area contributed by atoms with Crippen molar-refractivity contribution in [3.63, 3.8) is 0 Å². The van der Waals surface area contributed by atoms with Gasteiger partial charge in [-0.25, -0.2) is 9.18 Å². The SMILES string of the molecule is CCC(COC)NCc1c(C(=O)O)sc2cccc(F)c12. The van der Waals surface area contributed by atoms with Crippen LogP contribution in [-0.4, -0.2) is 30.8 Å². The lowest BCUT2D eigenvalue weighted by Crippen LogP contribution is -2.32. The van der Waals surface area contributed by atoms with E-state index in [0.717, 1.165) is 17.8 Å². The summed E-state index contributed by atoms with van der Waals surface area (Å²) < 4.78 is 19.8. The van der Waals surface area contributed by atoms with Crippen LogP contribution in [0.2, 0.25) is 0 Å². The number of hydrogen-bond acceptors (Lipinski definition) is 4. The predicted molar refractivity (Wildman–Crippen MR) is 81.5 cm³/mol. The Bertz CT molecular complexity index is 641. The van der Waals surface area contributed by atoms with Crippen LogP contribution in [0.1, 0.15) is 28.6 Å². The minimum absolute atomic E-state index is 0.110. The molecule has 1 aromatic heterocycles. The number of carbonyl (C=O) groups is 1.